The van der Waals surface area contributed by atoms with Gasteiger partial charge in [0, 0.05) is 0 Å². The molecule has 0 aliphatic heterocycles. The Morgan fingerprint density at radius 2 is 2.08 bits per heavy atom. The maximum atomic E-state index is 5.81. The summed E-state index contributed by atoms with van der Waals surface area (Å²) in [5.74, 6) is 1.06. The van der Waals surface area contributed by atoms with Gasteiger partial charge in [0.15, 0.2) is 0 Å². The number of allylic oxidation sites excluding steroid dienone is 3. The fraction of sp³-hybridized carbons (Fsp3) is 0.667. The minimum absolute atomic E-state index is 0.481. The molecule has 1 nitrogen and oxygen atoms in total. The summed E-state index contributed by atoms with van der Waals surface area (Å²) in [6.07, 6.45) is 11.9. The third-order valence-corrected chi connectivity index (χ3v) is 2.48. The van der Waals surface area contributed by atoms with E-state index < -0.39 is 0 Å². The number of ether oxygens (including phenoxy) is 1. The molecule has 0 bridgehead atoms. The highest BCUT2D eigenvalue weighted by Crippen LogP contribution is 2.22. The van der Waals surface area contributed by atoms with Gasteiger partial charge in [-0.3, -0.25) is 0 Å². The lowest BCUT2D eigenvalue weighted by molar-refractivity contribution is 0.0831. The van der Waals surface area contributed by atoms with Gasteiger partial charge in [-0.05, 0) is 45.1 Å². The van der Waals surface area contributed by atoms with Crippen molar-refractivity contribution >= 4 is 0 Å². The number of rotatable bonds is 4. The summed E-state index contributed by atoms with van der Waals surface area (Å²) in [5.41, 5.74) is 0. The van der Waals surface area contributed by atoms with Crippen LogP contribution in [-0.2, 0) is 4.74 Å². The highest BCUT2D eigenvalue weighted by molar-refractivity contribution is 4.94. The van der Waals surface area contributed by atoms with Gasteiger partial charge in [0.25, 0.3) is 0 Å². The molecule has 0 heterocycles. The van der Waals surface area contributed by atoms with Crippen molar-refractivity contribution in [3.05, 3.63) is 24.5 Å². The van der Waals surface area contributed by atoms with E-state index in [4.69, 9.17) is 4.74 Å². The summed E-state index contributed by atoms with van der Waals surface area (Å²) in [6.45, 7) is 5.72. The molecule has 74 valence electrons. The molecule has 1 heteroatoms. The van der Waals surface area contributed by atoms with Crippen LogP contribution in [0.4, 0.5) is 0 Å². The van der Waals surface area contributed by atoms with E-state index >= 15 is 0 Å². The second kappa shape index (κ2) is 5.85. The van der Waals surface area contributed by atoms with Crippen LogP contribution in [0.2, 0.25) is 0 Å². The first kappa shape index (κ1) is 10.4. The maximum Gasteiger partial charge on any atom is 0.0982 e. The number of hydrogen-bond donors (Lipinski definition) is 0. The van der Waals surface area contributed by atoms with Crippen molar-refractivity contribution in [3.8, 4) is 0 Å². The van der Waals surface area contributed by atoms with Crippen LogP contribution >= 0.6 is 0 Å². The molecule has 0 atom stereocenters. The molecule has 0 aromatic carbocycles. The van der Waals surface area contributed by atoms with Gasteiger partial charge in [0.05, 0.1) is 11.9 Å². The molecule has 0 spiro atoms. The maximum absolute atomic E-state index is 5.81. The molecule has 0 aromatic rings. The Bertz CT molecular complexity index is 176. The van der Waals surface area contributed by atoms with E-state index in [2.05, 4.69) is 12.7 Å². The third kappa shape index (κ3) is 4.16. The molecule has 1 rings (SSSR count). The minimum Gasteiger partial charge on any atom is -0.495 e. The van der Waals surface area contributed by atoms with Gasteiger partial charge >= 0.3 is 0 Å². The molecule has 0 N–H and O–H groups in total. The van der Waals surface area contributed by atoms with Crippen LogP contribution in [0.25, 0.3) is 0 Å². The zero-order valence-electron chi connectivity index (χ0n) is 8.59. The first-order valence-electron chi connectivity index (χ1n) is 5.27. The van der Waals surface area contributed by atoms with E-state index in [1.54, 1.807) is 0 Å². The van der Waals surface area contributed by atoms with Crippen LogP contribution in [0.15, 0.2) is 24.5 Å². The quantitative estimate of drug-likeness (QED) is 0.472. The first-order valence-corrected chi connectivity index (χ1v) is 5.27. The van der Waals surface area contributed by atoms with Gasteiger partial charge in [0.2, 0.25) is 0 Å². The minimum atomic E-state index is 0.481. The van der Waals surface area contributed by atoms with Crippen molar-refractivity contribution < 1.29 is 4.74 Å². The van der Waals surface area contributed by atoms with E-state index in [-0.39, 0.29) is 0 Å². The third-order valence-electron chi connectivity index (χ3n) is 2.48. The molecular formula is C12H20O. The largest absolute Gasteiger partial charge is 0.495 e. The molecule has 0 radical (unpaired) electrons. The van der Waals surface area contributed by atoms with Crippen molar-refractivity contribution in [2.24, 2.45) is 0 Å². The average molecular weight is 180 g/mol. The van der Waals surface area contributed by atoms with Crippen molar-refractivity contribution in [2.45, 2.75) is 51.6 Å². The summed E-state index contributed by atoms with van der Waals surface area (Å²) < 4.78 is 5.81. The molecule has 1 aliphatic rings. The molecular weight excluding hydrogens is 160 g/mol. The predicted octanol–water partition coefficient (Wildman–Crippen LogP) is 3.82. The van der Waals surface area contributed by atoms with E-state index in [0.29, 0.717) is 6.10 Å². The van der Waals surface area contributed by atoms with E-state index in [9.17, 15) is 0 Å². The summed E-state index contributed by atoms with van der Waals surface area (Å²) in [4.78, 5) is 0. The van der Waals surface area contributed by atoms with Gasteiger partial charge in [0.1, 0.15) is 0 Å². The highest BCUT2D eigenvalue weighted by Gasteiger charge is 2.13. The van der Waals surface area contributed by atoms with Crippen LogP contribution in [-0.4, -0.2) is 6.10 Å². The molecule has 1 aliphatic carbocycles. The van der Waals surface area contributed by atoms with Crippen LogP contribution in [0.3, 0.4) is 0 Å². The van der Waals surface area contributed by atoms with Gasteiger partial charge < -0.3 is 4.74 Å². The second-order valence-corrected chi connectivity index (χ2v) is 3.72. The Morgan fingerprint density at radius 1 is 1.38 bits per heavy atom. The van der Waals surface area contributed by atoms with Gasteiger partial charge in [-0.2, -0.15) is 0 Å². The molecule has 1 fully saturated rings. The lowest BCUT2D eigenvalue weighted by Gasteiger charge is -2.23. The summed E-state index contributed by atoms with van der Waals surface area (Å²) in [7, 11) is 0. The summed E-state index contributed by atoms with van der Waals surface area (Å²) >= 11 is 0. The molecule has 0 unspecified atom stereocenters. The fourth-order valence-electron chi connectivity index (χ4n) is 1.74. The van der Waals surface area contributed by atoms with Crippen molar-refractivity contribution in [2.75, 3.05) is 0 Å². The molecule has 0 aromatic heterocycles. The standard InChI is InChI=1S/C12H20O/c1-3-4-8-11(2)13-12-9-6-5-7-10-12/h3,8,12H,1,4-7,9-10H2,2H3/b11-8+. The molecule has 1 saturated carbocycles. The Morgan fingerprint density at radius 3 is 2.69 bits per heavy atom. The van der Waals surface area contributed by atoms with Crippen LogP contribution < -0.4 is 0 Å². The van der Waals surface area contributed by atoms with Crippen molar-refractivity contribution in [1.29, 1.82) is 0 Å². The Hall–Kier alpha value is -0.720. The highest BCUT2D eigenvalue weighted by atomic mass is 16.5. The molecule has 0 saturated heterocycles. The lowest BCUT2D eigenvalue weighted by Crippen LogP contribution is -2.15. The molecule has 0 amide bonds. The predicted molar refractivity (Wildman–Crippen MR) is 56.5 cm³/mol. The first-order chi connectivity index (χ1) is 6.33. The van der Waals surface area contributed by atoms with Gasteiger partial charge in [-0.15, -0.1) is 6.58 Å². The second-order valence-electron chi connectivity index (χ2n) is 3.72. The van der Waals surface area contributed by atoms with Gasteiger partial charge in [-0.25, -0.2) is 0 Å². The van der Waals surface area contributed by atoms with Crippen LogP contribution in [0.1, 0.15) is 45.4 Å². The SMILES string of the molecule is C=CC/C=C(\C)OC1CCCCC1. The van der Waals surface area contributed by atoms with Crippen LogP contribution in [0, 0.1) is 0 Å². The Balaban J connectivity index is 2.25. The zero-order valence-corrected chi connectivity index (χ0v) is 8.59. The van der Waals surface area contributed by atoms with E-state index in [1.165, 1.54) is 32.1 Å². The topological polar surface area (TPSA) is 9.23 Å². The summed E-state index contributed by atoms with van der Waals surface area (Å²) in [5, 5.41) is 0. The monoisotopic (exact) mass is 180 g/mol. The number of hydrogen-bond acceptors (Lipinski definition) is 1. The smallest absolute Gasteiger partial charge is 0.0982 e. The lowest BCUT2D eigenvalue weighted by atomic mass is 9.98. The van der Waals surface area contributed by atoms with Crippen LogP contribution in [0.5, 0.6) is 0 Å². The van der Waals surface area contributed by atoms with E-state index in [0.717, 1.165) is 12.2 Å². The summed E-state index contributed by atoms with van der Waals surface area (Å²) in [6, 6.07) is 0. The fourth-order valence-corrected chi connectivity index (χ4v) is 1.74. The van der Waals surface area contributed by atoms with E-state index in [1.807, 2.05) is 13.0 Å². The van der Waals surface area contributed by atoms with Crippen molar-refractivity contribution in [1.82, 2.24) is 0 Å². The van der Waals surface area contributed by atoms with Crippen molar-refractivity contribution in [3.63, 3.8) is 0 Å². The zero-order chi connectivity index (χ0) is 9.52. The normalized spacial score (nSPS) is 19.9. The Kier molecular flexibility index (Phi) is 4.66. The average Bonchev–Trinajstić information content (AvgIpc) is 2.16. The molecule has 13 heavy (non-hydrogen) atoms. The van der Waals surface area contributed by atoms with Gasteiger partial charge in [-0.1, -0.05) is 12.5 Å². The Labute approximate surface area is 81.5 Å².